The van der Waals surface area contributed by atoms with Crippen molar-refractivity contribution in [2.24, 2.45) is 0 Å². The van der Waals surface area contributed by atoms with E-state index in [2.05, 4.69) is 11.3 Å². The average Bonchev–Trinajstić information content (AvgIpc) is 2.15. The van der Waals surface area contributed by atoms with Gasteiger partial charge in [-0.15, -0.1) is 0 Å². The van der Waals surface area contributed by atoms with Gasteiger partial charge < -0.3 is 9.47 Å². The summed E-state index contributed by atoms with van der Waals surface area (Å²) in [6.45, 7) is 9.92. The normalized spacial score (nSPS) is 14.8. The van der Waals surface area contributed by atoms with Crippen LogP contribution in [0, 0.1) is 0 Å². The van der Waals surface area contributed by atoms with E-state index in [-0.39, 0.29) is 0 Å². The molecule has 0 amide bonds. The van der Waals surface area contributed by atoms with Crippen molar-refractivity contribution in [1.29, 1.82) is 0 Å². The fourth-order valence-electron chi connectivity index (χ4n) is 1.06. The molecule has 0 aliphatic carbocycles. The molecule has 3 nitrogen and oxygen atoms in total. The lowest BCUT2D eigenvalue weighted by Gasteiger charge is -2.28. The molecular formula is C10H18O3. The van der Waals surface area contributed by atoms with Crippen LogP contribution < -0.4 is 0 Å². The summed E-state index contributed by atoms with van der Waals surface area (Å²) in [6.07, 6.45) is 0.703. The number of hydrogen-bond donors (Lipinski definition) is 0. The molecule has 0 fully saturated rings. The lowest BCUT2D eigenvalue weighted by Crippen LogP contribution is -2.34. The highest BCUT2D eigenvalue weighted by Gasteiger charge is 2.31. The molecule has 0 bridgehead atoms. The molecule has 0 aliphatic rings. The molecule has 1 unspecified atom stereocenters. The summed E-state index contributed by atoms with van der Waals surface area (Å²) in [5, 5.41) is 0. The first-order valence-corrected chi connectivity index (χ1v) is 4.43. The minimum absolute atomic E-state index is 0.374. The van der Waals surface area contributed by atoms with Crippen molar-refractivity contribution in [2.75, 3.05) is 13.7 Å². The number of ether oxygens (including phenoxy) is 2. The van der Waals surface area contributed by atoms with Gasteiger partial charge in [0.25, 0.3) is 0 Å². The van der Waals surface area contributed by atoms with Crippen molar-refractivity contribution in [3.8, 4) is 0 Å². The Morgan fingerprint density at radius 3 is 2.31 bits per heavy atom. The van der Waals surface area contributed by atoms with Crippen LogP contribution in [-0.2, 0) is 14.3 Å². The third-order valence-electron chi connectivity index (χ3n) is 2.21. The summed E-state index contributed by atoms with van der Waals surface area (Å²) >= 11 is 0. The van der Waals surface area contributed by atoms with Gasteiger partial charge in [0.1, 0.15) is 0 Å². The van der Waals surface area contributed by atoms with Crippen LogP contribution in [-0.4, -0.2) is 25.3 Å². The second-order valence-corrected chi connectivity index (χ2v) is 2.99. The highest BCUT2D eigenvalue weighted by Crippen LogP contribution is 2.24. The molecule has 76 valence electrons. The summed E-state index contributed by atoms with van der Waals surface area (Å²) < 4.78 is 10.1. The lowest BCUT2D eigenvalue weighted by atomic mass is 9.94. The van der Waals surface area contributed by atoms with Gasteiger partial charge >= 0.3 is 5.97 Å². The maximum atomic E-state index is 11.2. The van der Waals surface area contributed by atoms with Gasteiger partial charge in [-0.2, -0.15) is 0 Å². The summed E-state index contributed by atoms with van der Waals surface area (Å²) in [7, 11) is 1.34. The van der Waals surface area contributed by atoms with Gasteiger partial charge in [-0.25, -0.2) is 4.79 Å². The fraction of sp³-hybridized carbons (Fsp3) is 0.700. The van der Waals surface area contributed by atoms with E-state index in [1.165, 1.54) is 7.11 Å². The van der Waals surface area contributed by atoms with Crippen molar-refractivity contribution in [1.82, 2.24) is 0 Å². The van der Waals surface area contributed by atoms with Gasteiger partial charge in [0, 0.05) is 6.61 Å². The van der Waals surface area contributed by atoms with E-state index in [0.29, 0.717) is 18.6 Å². The maximum absolute atomic E-state index is 11.2. The van der Waals surface area contributed by atoms with Gasteiger partial charge in [0.15, 0.2) is 0 Å². The molecule has 0 heterocycles. The highest BCUT2D eigenvalue weighted by molar-refractivity contribution is 5.89. The van der Waals surface area contributed by atoms with Crippen molar-refractivity contribution in [2.45, 2.75) is 32.8 Å². The predicted molar refractivity (Wildman–Crippen MR) is 51.5 cm³/mol. The fourth-order valence-corrected chi connectivity index (χ4v) is 1.06. The molecule has 0 rings (SSSR count). The van der Waals surface area contributed by atoms with Crippen LogP contribution in [0.3, 0.4) is 0 Å². The molecule has 3 heteroatoms. The minimum Gasteiger partial charge on any atom is -0.466 e. The molecule has 0 aromatic heterocycles. The van der Waals surface area contributed by atoms with Crippen LogP contribution in [0.25, 0.3) is 0 Å². The monoisotopic (exact) mass is 186 g/mol. The zero-order valence-electron chi connectivity index (χ0n) is 8.85. The third-order valence-corrected chi connectivity index (χ3v) is 2.21. The molecule has 0 aromatic carbocycles. The Hall–Kier alpha value is -0.830. The van der Waals surface area contributed by atoms with Crippen LogP contribution in [0.4, 0.5) is 0 Å². The van der Waals surface area contributed by atoms with Gasteiger partial charge in [-0.3, -0.25) is 0 Å². The average molecular weight is 186 g/mol. The smallest absolute Gasteiger partial charge is 0.336 e. The first-order chi connectivity index (χ1) is 6.01. The second kappa shape index (κ2) is 5.02. The van der Waals surface area contributed by atoms with Crippen LogP contribution in [0.2, 0.25) is 0 Å². The first-order valence-electron chi connectivity index (χ1n) is 4.43. The third kappa shape index (κ3) is 2.84. The molecule has 0 saturated carbocycles. The number of methoxy groups -OCH3 is 1. The molecule has 0 aromatic rings. The Bertz CT molecular complexity index is 198. The SMILES string of the molecule is C=C(C(=O)OC)C(C)(CC)OCC. The van der Waals surface area contributed by atoms with E-state index in [1.807, 2.05) is 20.8 Å². The second-order valence-electron chi connectivity index (χ2n) is 2.99. The Labute approximate surface area is 79.7 Å². The van der Waals surface area contributed by atoms with E-state index in [4.69, 9.17) is 4.74 Å². The molecule has 0 radical (unpaired) electrons. The van der Waals surface area contributed by atoms with Gasteiger partial charge in [0.05, 0.1) is 18.3 Å². The Balaban J connectivity index is 4.55. The van der Waals surface area contributed by atoms with E-state index in [1.54, 1.807) is 0 Å². The number of esters is 1. The van der Waals surface area contributed by atoms with Crippen LogP contribution >= 0.6 is 0 Å². The van der Waals surface area contributed by atoms with Crippen LogP contribution in [0.5, 0.6) is 0 Å². The largest absolute Gasteiger partial charge is 0.466 e. The standard InChI is InChI=1S/C10H18O3/c1-6-10(4,13-7-2)8(3)9(11)12-5/h3,6-7H2,1-2,4-5H3. The van der Waals surface area contributed by atoms with Gasteiger partial charge in [-0.1, -0.05) is 13.5 Å². The summed E-state index contributed by atoms with van der Waals surface area (Å²) in [4.78, 5) is 11.2. The molecule has 1 atom stereocenters. The first kappa shape index (κ1) is 12.2. The molecule has 0 aliphatic heterocycles. The number of carbonyl (C=O) groups excluding carboxylic acids is 1. The molecule has 13 heavy (non-hydrogen) atoms. The number of hydrogen-bond acceptors (Lipinski definition) is 3. The lowest BCUT2D eigenvalue weighted by molar-refractivity contribution is -0.139. The minimum atomic E-state index is -0.595. The van der Waals surface area contributed by atoms with E-state index < -0.39 is 11.6 Å². The molecule has 0 N–H and O–H groups in total. The van der Waals surface area contributed by atoms with Crippen molar-refractivity contribution < 1.29 is 14.3 Å². The van der Waals surface area contributed by atoms with Crippen LogP contribution in [0.1, 0.15) is 27.2 Å². The quantitative estimate of drug-likeness (QED) is 0.486. The number of rotatable bonds is 5. The summed E-state index contributed by atoms with van der Waals surface area (Å²) in [6, 6.07) is 0. The Kier molecular flexibility index (Phi) is 4.70. The molecular weight excluding hydrogens is 168 g/mol. The topological polar surface area (TPSA) is 35.5 Å². The highest BCUT2D eigenvalue weighted by atomic mass is 16.5. The predicted octanol–water partition coefficient (Wildman–Crippen LogP) is 1.92. The van der Waals surface area contributed by atoms with E-state index in [9.17, 15) is 4.79 Å². The Morgan fingerprint density at radius 1 is 1.46 bits per heavy atom. The summed E-state index contributed by atoms with van der Waals surface area (Å²) in [5.41, 5.74) is -0.221. The zero-order valence-corrected chi connectivity index (χ0v) is 8.85. The Morgan fingerprint density at radius 2 is 2.00 bits per heavy atom. The van der Waals surface area contributed by atoms with Crippen molar-refractivity contribution in [3.63, 3.8) is 0 Å². The molecule has 0 spiro atoms. The van der Waals surface area contributed by atoms with Crippen molar-refractivity contribution >= 4 is 5.97 Å². The van der Waals surface area contributed by atoms with E-state index >= 15 is 0 Å². The van der Waals surface area contributed by atoms with Gasteiger partial charge in [-0.05, 0) is 20.3 Å². The van der Waals surface area contributed by atoms with Gasteiger partial charge in [0.2, 0.25) is 0 Å². The van der Waals surface area contributed by atoms with Crippen molar-refractivity contribution in [3.05, 3.63) is 12.2 Å². The van der Waals surface area contributed by atoms with Crippen LogP contribution in [0.15, 0.2) is 12.2 Å². The zero-order chi connectivity index (χ0) is 10.5. The summed E-state index contributed by atoms with van der Waals surface area (Å²) in [5.74, 6) is -0.405. The number of carbonyl (C=O) groups is 1. The maximum Gasteiger partial charge on any atom is 0.336 e. The molecule has 0 saturated heterocycles. The van der Waals surface area contributed by atoms with E-state index in [0.717, 1.165) is 0 Å².